The fourth-order valence-corrected chi connectivity index (χ4v) is 4.72. The number of amides is 3. The van der Waals surface area contributed by atoms with Crippen molar-refractivity contribution in [1.82, 2.24) is 10.2 Å². The Morgan fingerprint density at radius 1 is 1.28 bits per heavy atom. The Hall–Kier alpha value is -2.48. The second kappa shape index (κ2) is 10.4. The molecule has 0 aromatic heterocycles. The molecule has 1 saturated carbocycles. The lowest BCUT2D eigenvalue weighted by molar-refractivity contribution is -0.125. The fraction of sp³-hybridized carbons (Fsp3) is 0.609. The first-order valence-corrected chi connectivity index (χ1v) is 11.6. The van der Waals surface area contributed by atoms with Crippen molar-refractivity contribution < 1.29 is 23.9 Å². The number of hydrogen-bond donors (Lipinski definition) is 1. The Bertz CT molecular complexity index is 869. The Balaban J connectivity index is 1.92. The number of carbonyl (C=O) groups excluding carboxylic acids is 3. The number of methoxy groups -OCH3 is 1. The summed E-state index contributed by atoms with van der Waals surface area (Å²) in [5.41, 5.74) is 0.821. The average molecular weight is 466 g/mol. The highest BCUT2D eigenvalue weighted by Crippen LogP contribution is 2.39. The van der Waals surface area contributed by atoms with Crippen molar-refractivity contribution in [3.05, 3.63) is 22.7 Å². The lowest BCUT2D eigenvalue weighted by atomic mass is 9.92. The van der Waals surface area contributed by atoms with E-state index in [2.05, 4.69) is 10.1 Å². The van der Waals surface area contributed by atoms with Crippen molar-refractivity contribution in [2.24, 2.45) is 0 Å². The number of carbonyl (C=O) groups is 3. The van der Waals surface area contributed by atoms with Crippen LogP contribution >= 0.6 is 11.6 Å². The number of ether oxygens (including phenoxy) is 2. The van der Waals surface area contributed by atoms with E-state index in [4.69, 9.17) is 16.3 Å². The van der Waals surface area contributed by atoms with Crippen molar-refractivity contribution in [3.8, 4) is 5.75 Å². The van der Waals surface area contributed by atoms with Crippen LogP contribution < -0.4 is 15.0 Å². The fourth-order valence-electron chi connectivity index (χ4n) is 4.48. The van der Waals surface area contributed by atoms with Crippen molar-refractivity contribution in [1.29, 1.82) is 0 Å². The second-order valence-electron chi connectivity index (χ2n) is 8.57. The van der Waals surface area contributed by atoms with E-state index in [1.165, 1.54) is 18.4 Å². The smallest absolute Gasteiger partial charge is 0.406 e. The zero-order chi connectivity index (χ0) is 23.4. The van der Waals surface area contributed by atoms with Gasteiger partial charge in [-0.05, 0) is 39.7 Å². The van der Waals surface area contributed by atoms with Gasteiger partial charge in [0.2, 0.25) is 0 Å². The number of anilines is 1. The van der Waals surface area contributed by atoms with E-state index in [1.807, 2.05) is 18.7 Å². The summed E-state index contributed by atoms with van der Waals surface area (Å²) >= 11 is 6.54. The number of fused-ring (bicyclic) bond motifs is 1. The second-order valence-corrected chi connectivity index (χ2v) is 8.97. The topological polar surface area (TPSA) is 88.2 Å². The first-order chi connectivity index (χ1) is 15.2. The quantitative estimate of drug-likeness (QED) is 0.686. The van der Waals surface area contributed by atoms with Crippen LogP contribution in [0.4, 0.5) is 10.5 Å². The van der Waals surface area contributed by atoms with E-state index < -0.39 is 12.2 Å². The summed E-state index contributed by atoms with van der Waals surface area (Å²) < 4.78 is 10.3. The molecule has 3 amide bonds. The summed E-state index contributed by atoms with van der Waals surface area (Å²) in [6, 6.07) is 3.45. The number of halogens is 1. The van der Waals surface area contributed by atoms with Crippen LogP contribution in [0.1, 0.15) is 63.2 Å². The molecule has 0 unspecified atom stereocenters. The van der Waals surface area contributed by atoms with Gasteiger partial charge in [0.25, 0.3) is 11.8 Å². The minimum absolute atomic E-state index is 0.0240. The molecule has 9 heteroatoms. The molecule has 1 fully saturated rings. The number of alkyl carbamates (subject to hydrolysis) is 1. The Labute approximate surface area is 194 Å². The van der Waals surface area contributed by atoms with Crippen LogP contribution in [0.5, 0.6) is 5.75 Å². The van der Waals surface area contributed by atoms with Crippen LogP contribution in [0.25, 0.3) is 0 Å². The number of benzene rings is 1. The van der Waals surface area contributed by atoms with Gasteiger partial charge in [-0.1, -0.05) is 30.9 Å². The minimum atomic E-state index is -0.701. The molecule has 0 spiro atoms. The van der Waals surface area contributed by atoms with Crippen molar-refractivity contribution in [2.45, 2.75) is 71.1 Å². The van der Waals surface area contributed by atoms with Gasteiger partial charge in [0.1, 0.15) is 5.75 Å². The van der Waals surface area contributed by atoms with Gasteiger partial charge >= 0.3 is 6.09 Å². The van der Waals surface area contributed by atoms with Gasteiger partial charge in [-0.2, -0.15) is 0 Å². The standard InChI is InChI=1S/C23H32ClN3O5/c1-14(2)27(16-8-6-5-7-9-16)22(29)17-12-19-20(13-18(17)24)32-15(3)21(28)26(19)11-10-25-23(30)31-4/h12-16H,5-11H2,1-4H3,(H,25,30)/t15-/m1/s1. The van der Waals surface area contributed by atoms with E-state index >= 15 is 0 Å². The van der Waals surface area contributed by atoms with E-state index in [0.717, 1.165) is 25.7 Å². The average Bonchev–Trinajstić information content (AvgIpc) is 2.76. The number of hydrogen-bond acceptors (Lipinski definition) is 5. The molecule has 3 rings (SSSR count). The first kappa shape index (κ1) is 24.2. The van der Waals surface area contributed by atoms with Crippen LogP contribution in [0.3, 0.4) is 0 Å². The molecule has 32 heavy (non-hydrogen) atoms. The molecule has 1 atom stereocenters. The highest BCUT2D eigenvalue weighted by Gasteiger charge is 2.35. The van der Waals surface area contributed by atoms with Crippen LogP contribution in [-0.2, 0) is 9.53 Å². The van der Waals surface area contributed by atoms with Crippen molar-refractivity contribution in [2.75, 3.05) is 25.1 Å². The van der Waals surface area contributed by atoms with Crippen LogP contribution in [0.2, 0.25) is 5.02 Å². The van der Waals surface area contributed by atoms with Gasteiger partial charge in [-0.25, -0.2) is 4.79 Å². The van der Waals surface area contributed by atoms with Gasteiger partial charge in [0.15, 0.2) is 6.10 Å². The zero-order valence-corrected chi connectivity index (χ0v) is 19.9. The predicted octanol–water partition coefficient (Wildman–Crippen LogP) is 3.99. The van der Waals surface area contributed by atoms with E-state index in [-0.39, 0.29) is 37.0 Å². The summed E-state index contributed by atoms with van der Waals surface area (Å²) in [6.07, 6.45) is 4.11. The Kier molecular flexibility index (Phi) is 7.87. The predicted molar refractivity (Wildman–Crippen MR) is 122 cm³/mol. The normalized spacial score (nSPS) is 18.8. The SMILES string of the molecule is COC(=O)NCCN1C(=O)[C@@H](C)Oc2cc(Cl)c(C(=O)N(C(C)C)C3CCCCC3)cc21. The third-order valence-electron chi connectivity index (χ3n) is 6.04. The summed E-state index contributed by atoms with van der Waals surface area (Å²) in [7, 11) is 1.28. The highest BCUT2D eigenvalue weighted by molar-refractivity contribution is 6.34. The summed E-state index contributed by atoms with van der Waals surface area (Å²) in [5, 5.41) is 2.87. The minimum Gasteiger partial charge on any atom is -0.479 e. The Morgan fingerprint density at radius 3 is 2.59 bits per heavy atom. The molecule has 2 aliphatic rings. The molecule has 176 valence electrons. The summed E-state index contributed by atoms with van der Waals surface area (Å²) in [6.45, 7) is 6.08. The van der Waals surface area contributed by atoms with Gasteiger partial charge in [0.05, 0.1) is 23.4 Å². The molecular formula is C23H32ClN3O5. The molecule has 1 N–H and O–H groups in total. The highest BCUT2D eigenvalue weighted by atomic mass is 35.5. The molecule has 0 saturated heterocycles. The molecule has 8 nitrogen and oxygen atoms in total. The lowest BCUT2D eigenvalue weighted by Crippen LogP contribution is -2.48. The maximum absolute atomic E-state index is 13.6. The monoisotopic (exact) mass is 465 g/mol. The first-order valence-electron chi connectivity index (χ1n) is 11.2. The third kappa shape index (κ3) is 5.11. The molecule has 0 bridgehead atoms. The zero-order valence-electron chi connectivity index (χ0n) is 19.2. The molecule has 1 aliphatic carbocycles. The maximum Gasteiger partial charge on any atom is 0.406 e. The molecule has 1 aromatic carbocycles. The number of nitrogens with zero attached hydrogens (tertiary/aromatic N) is 2. The van der Waals surface area contributed by atoms with Gasteiger partial charge < -0.3 is 24.6 Å². The lowest BCUT2D eigenvalue weighted by Gasteiger charge is -2.38. The van der Waals surface area contributed by atoms with E-state index in [9.17, 15) is 14.4 Å². The summed E-state index contributed by atoms with van der Waals surface area (Å²) in [4.78, 5) is 41.3. The van der Waals surface area contributed by atoms with Gasteiger partial charge in [-0.3, -0.25) is 9.59 Å². The molecular weight excluding hydrogens is 434 g/mol. The molecule has 1 aromatic rings. The number of rotatable bonds is 6. The third-order valence-corrected chi connectivity index (χ3v) is 6.35. The van der Waals surface area contributed by atoms with Crippen molar-refractivity contribution in [3.63, 3.8) is 0 Å². The van der Waals surface area contributed by atoms with Crippen LogP contribution in [0, 0.1) is 0 Å². The van der Waals surface area contributed by atoms with Crippen LogP contribution in [0.15, 0.2) is 12.1 Å². The number of nitrogens with one attached hydrogen (secondary N) is 1. The maximum atomic E-state index is 13.6. The molecule has 0 radical (unpaired) electrons. The molecule has 1 heterocycles. The van der Waals surface area contributed by atoms with E-state index in [0.29, 0.717) is 22.0 Å². The summed E-state index contributed by atoms with van der Waals surface area (Å²) in [5.74, 6) is 0.0433. The van der Waals surface area contributed by atoms with E-state index in [1.54, 1.807) is 19.1 Å². The van der Waals surface area contributed by atoms with Gasteiger partial charge in [0, 0.05) is 31.2 Å². The Morgan fingerprint density at radius 2 is 1.97 bits per heavy atom. The van der Waals surface area contributed by atoms with Crippen LogP contribution in [-0.4, -0.2) is 61.2 Å². The largest absolute Gasteiger partial charge is 0.479 e. The van der Waals surface area contributed by atoms with Crippen molar-refractivity contribution >= 4 is 35.2 Å². The molecule has 1 aliphatic heterocycles. The van der Waals surface area contributed by atoms with Gasteiger partial charge in [-0.15, -0.1) is 0 Å².